The van der Waals surface area contributed by atoms with E-state index in [2.05, 4.69) is 15.6 Å². The molecule has 2 N–H and O–H groups in total. The van der Waals surface area contributed by atoms with Crippen LogP contribution in [0.3, 0.4) is 0 Å². The van der Waals surface area contributed by atoms with Crippen LogP contribution in [-0.2, 0) is 0 Å². The maximum absolute atomic E-state index is 12.1. The number of anilines is 1. The highest BCUT2D eigenvalue weighted by molar-refractivity contribution is 5.91. The molecule has 2 rings (SSSR count). The number of benzene rings is 1. The Labute approximate surface area is 124 Å². The van der Waals surface area contributed by atoms with Crippen molar-refractivity contribution in [3.05, 3.63) is 53.9 Å². The summed E-state index contributed by atoms with van der Waals surface area (Å²) in [7, 11) is 1.57. The van der Waals surface area contributed by atoms with Crippen molar-refractivity contribution in [3.63, 3.8) is 0 Å². The second-order valence-electron chi connectivity index (χ2n) is 4.78. The quantitative estimate of drug-likeness (QED) is 0.906. The topological polar surface area (TPSA) is 63.2 Å². The van der Waals surface area contributed by atoms with Gasteiger partial charge in [0, 0.05) is 6.20 Å². The van der Waals surface area contributed by atoms with Crippen molar-refractivity contribution in [2.75, 3.05) is 12.4 Å². The van der Waals surface area contributed by atoms with Crippen molar-refractivity contribution in [1.82, 2.24) is 10.3 Å². The lowest BCUT2D eigenvalue weighted by Crippen LogP contribution is -2.31. The molecule has 5 heteroatoms. The number of methoxy groups -OCH3 is 1. The van der Waals surface area contributed by atoms with Crippen LogP contribution in [0.25, 0.3) is 0 Å². The van der Waals surface area contributed by atoms with E-state index in [-0.39, 0.29) is 12.1 Å². The van der Waals surface area contributed by atoms with E-state index in [4.69, 9.17) is 4.74 Å². The first-order valence-corrected chi connectivity index (χ1v) is 6.73. The van der Waals surface area contributed by atoms with Crippen molar-refractivity contribution in [2.24, 2.45) is 0 Å². The molecule has 0 radical (unpaired) electrons. The van der Waals surface area contributed by atoms with Crippen LogP contribution in [0.2, 0.25) is 0 Å². The molecule has 0 saturated carbocycles. The Kier molecular flexibility index (Phi) is 4.77. The van der Waals surface area contributed by atoms with Crippen molar-refractivity contribution in [1.29, 1.82) is 0 Å². The molecule has 0 aliphatic carbocycles. The lowest BCUT2D eigenvalue weighted by Gasteiger charge is -2.15. The minimum Gasteiger partial charge on any atom is -0.495 e. The van der Waals surface area contributed by atoms with E-state index in [1.807, 2.05) is 50.2 Å². The van der Waals surface area contributed by atoms with Crippen LogP contribution in [0.1, 0.15) is 24.2 Å². The summed E-state index contributed by atoms with van der Waals surface area (Å²) < 4.78 is 5.24. The number of hydrogen-bond acceptors (Lipinski definition) is 3. The zero-order valence-corrected chi connectivity index (χ0v) is 12.4. The lowest BCUT2D eigenvalue weighted by atomic mass is 10.2. The Bertz CT molecular complexity index is 614. The molecule has 0 aliphatic heterocycles. The summed E-state index contributed by atoms with van der Waals surface area (Å²) in [6, 6.07) is 10.8. The number of amides is 2. The Morgan fingerprint density at radius 3 is 2.76 bits per heavy atom. The van der Waals surface area contributed by atoms with Crippen molar-refractivity contribution < 1.29 is 9.53 Å². The van der Waals surface area contributed by atoms with Crippen molar-refractivity contribution in [2.45, 2.75) is 19.9 Å². The number of pyridine rings is 1. The molecular weight excluding hydrogens is 266 g/mol. The van der Waals surface area contributed by atoms with Crippen LogP contribution in [0, 0.1) is 6.92 Å². The minimum absolute atomic E-state index is 0.179. The largest absolute Gasteiger partial charge is 0.495 e. The number of carbonyl (C=O) groups is 1. The number of carbonyl (C=O) groups excluding carboxylic acids is 1. The number of rotatable bonds is 4. The van der Waals surface area contributed by atoms with E-state index in [0.29, 0.717) is 11.4 Å². The third-order valence-electron chi connectivity index (χ3n) is 3.08. The Morgan fingerprint density at radius 2 is 2.10 bits per heavy atom. The van der Waals surface area contributed by atoms with E-state index in [9.17, 15) is 4.79 Å². The van der Waals surface area contributed by atoms with Gasteiger partial charge in [-0.1, -0.05) is 12.1 Å². The van der Waals surface area contributed by atoms with Gasteiger partial charge in [-0.15, -0.1) is 0 Å². The standard InChI is InChI=1S/C16H19N3O2/c1-11-7-8-15(21-3)14(10-11)19-16(20)18-12(2)13-6-4-5-9-17-13/h4-10,12H,1-3H3,(H2,18,19,20)/t12-/m0/s1. The average Bonchev–Trinajstić information content (AvgIpc) is 2.48. The summed E-state index contributed by atoms with van der Waals surface area (Å²) in [5.41, 5.74) is 2.50. The fraction of sp³-hybridized carbons (Fsp3) is 0.250. The maximum Gasteiger partial charge on any atom is 0.319 e. The lowest BCUT2D eigenvalue weighted by molar-refractivity contribution is 0.249. The van der Waals surface area contributed by atoms with Gasteiger partial charge in [-0.3, -0.25) is 4.98 Å². The second kappa shape index (κ2) is 6.74. The van der Waals surface area contributed by atoms with Gasteiger partial charge in [0.05, 0.1) is 24.5 Å². The number of aryl methyl sites for hydroxylation is 1. The summed E-state index contributed by atoms with van der Waals surface area (Å²) in [6.45, 7) is 3.84. The normalized spacial score (nSPS) is 11.6. The molecule has 0 saturated heterocycles. The zero-order valence-electron chi connectivity index (χ0n) is 12.4. The molecule has 5 nitrogen and oxygen atoms in total. The molecule has 2 aromatic rings. The molecule has 2 amide bonds. The Morgan fingerprint density at radius 1 is 1.29 bits per heavy atom. The molecule has 0 spiro atoms. The van der Waals surface area contributed by atoms with Crippen LogP contribution in [0.5, 0.6) is 5.75 Å². The van der Waals surface area contributed by atoms with E-state index >= 15 is 0 Å². The number of nitrogens with zero attached hydrogens (tertiary/aromatic N) is 1. The summed E-state index contributed by atoms with van der Waals surface area (Å²) in [5.74, 6) is 0.626. The summed E-state index contributed by atoms with van der Waals surface area (Å²) in [4.78, 5) is 16.3. The van der Waals surface area contributed by atoms with Gasteiger partial charge in [0.2, 0.25) is 0 Å². The van der Waals surface area contributed by atoms with E-state index in [1.54, 1.807) is 13.3 Å². The third kappa shape index (κ3) is 3.95. The third-order valence-corrected chi connectivity index (χ3v) is 3.08. The Hall–Kier alpha value is -2.56. The molecular formula is C16H19N3O2. The highest BCUT2D eigenvalue weighted by atomic mass is 16.5. The predicted octanol–water partition coefficient (Wildman–Crippen LogP) is 3.28. The summed E-state index contributed by atoms with van der Waals surface area (Å²) in [5, 5.41) is 5.65. The monoisotopic (exact) mass is 285 g/mol. The fourth-order valence-corrected chi connectivity index (χ4v) is 1.98. The molecule has 0 fully saturated rings. The van der Waals surface area contributed by atoms with Gasteiger partial charge in [-0.2, -0.15) is 0 Å². The van der Waals surface area contributed by atoms with Gasteiger partial charge in [0.1, 0.15) is 5.75 Å². The summed E-state index contributed by atoms with van der Waals surface area (Å²) in [6.07, 6.45) is 1.70. The molecule has 1 atom stereocenters. The number of nitrogens with one attached hydrogen (secondary N) is 2. The predicted molar refractivity (Wildman–Crippen MR) is 82.5 cm³/mol. The molecule has 0 unspecified atom stereocenters. The molecule has 0 aliphatic rings. The van der Waals surface area contributed by atoms with Crippen LogP contribution in [-0.4, -0.2) is 18.1 Å². The number of ether oxygens (including phenoxy) is 1. The SMILES string of the molecule is COc1ccc(C)cc1NC(=O)N[C@@H](C)c1ccccn1. The van der Waals surface area contributed by atoms with Crippen molar-refractivity contribution >= 4 is 11.7 Å². The first kappa shape index (κ1) is 14.8. The number of urea groups is 1. The van der Waals surface area contributed by atoms with Gasteiger partial charge in [0.15, 0.2) is 0 Å². The van der Waals surface area contributed by atoms with Crippen molar-refractivity contribution in [3.8, 4) is 5.75 Å². The molecule has 1 aromatic carbocycles. The first-order chi connectivity index (χ1) is 10.1. The van der Waals surface area contributed by atoms with Crippen LogP contribution in [0.15, 0.2) is 42.6 Å². The second-order valence-corrected chi connectivity index (χ2v) is 4.78. The van der Waals surface area contributed by atoms with Gasteiger partial charge >= 0.3 is 6.03 Å². The minimum atomic E-state index is -0.294. The first-order valence-electron chi connectivity index (χ1n) is 6.73. The molecule has 21 heavy (non-hydrogen) atoms. The molecule has 1 heterocycles. The zero-order chi connectivity index (χ0) is 15.2. The number of hydrogen-bond donors (Lipinski definition) is 2. The smallest absolute Gasteiger partial charge is 0.319 e. The highest BCUT2D eigenvalue weighted by Gasteiger charge is 2.12. The molecule has 110 valence electrons. The Balaban J connectivity index is 2.04. The van der Waals surface area contributed by atoms with Crippen LogP contribution >= 0.6 is 0 Å². The van der Waals surface area contributed by atoms with Crippen LogP contribution in [0.4, 0.5) is 10.5 Å². The average molecular weight is 285 g/mol. The highest BCUT2D eigenvalue weighted by Crippen LogP contribution is 2.25. The van der Waals surface area contributed by atoms with E-state index < -0.39 is 0 Å². The van der Waals surface area contributed by atoms with E-state index in [1.165, 1.54) is 0 Å². The molecule has 1 aromatic heterocycles. The summed E-state index contributed by atoms with van der Waals surface area (Å²) >= 11 is 0. The maximum atomic E-state index is 12.1. The van der Waals surface area contributed by atoms with Gasteiger partial charge < -0.3 is 15.4 Å². The van der Waals surface area contributed by atoms with Gasteiger partial charge in [-0.25, -0.2) is 4.79 Å². The fourth-order valence-electron chi connectivity index (χ4n) is 1.98. The van der Waals surface area contributed by atoms with E-state index in [0.717, 1.165) is 11.3 Å². The van der Waals surface area contributed by atoms with Crippen LogP contribution < -0.4 is 15.4 Å². The van der Waals surface area contributed by atoms with Gasteiger partial charge in [0.25, 0.3) is 0 Å². The number of aromatic nitrogens is 1. The molecule has 0 bridgehead atoms. The van der Waals surface area contributed by atoms with Gasteiger partial charge in [-0.05, 0) is 43.7 Å².